The molecule has 2 rings (SSSR count). The maximum atomic E-state index is 10.2. The Morgan fingerprint density at radius 3 is 2.85 bits per heavy atom. The van der Waals surface area contributed by atoms with Crippen LogP contribution in [0.4, 0.5) is 0 Å². The molecule has 1 fully saturated rings. The van der Waals surface area contributed by atoms with E-state index in [2.05, 4.69) is 35.8 Å². The molecular formula is C10H13BrOS. The lowest BCUT2D eigenvalue weighted by Crippen LogP contribution is -2.05. The van der Waals surface area contributed by atoms with Crippen LogP contribution in [0.2, 0.25) is 0 Å². The molecule has 1 nitrogen and oxygen atoms in total. The van der Waals surface area contributed by atoms with E-state index in [1.807, 2.05) is 0 Å². The molecule has 0 bridgehead atoms. The summed E-state index contributed by atoms with van der Waals surface area (Å²) in [5.41, 5.74) is 0.742. The minimum absolute atomic E-state index is 0.484. The quantitative estimate of drug-likeness (QED) is 0.864. The first-order valence-corrected chi connectivity index (χ1v) is 6.17. The van der Waals surface area contributed by atoms with E-state index in [9.17, 15) is 5.11 Å². The van der Waals surface area contributed by atoms with Crippen molar-refractivity contribution in [3.8, 4) is 0 Å². The molecule has 1 heterocycles. The van der Waals surface area contributed by atoms with Gasteiger partial charge in [-0.1, -0.05) is 13.3 Å². The van der Waals surface area contributed by atoms with E-state index in [0.717, 1.165) is 21.5 Å². The van der Waals surface area contributed by atoms with Gasteiger partial charge in [-0.25, -0.2) is 0 Å². The van der Waals surface area contributed by atoms with Gasteiger partial charge in [0, 0.05) is 4.88 Å². The third-order valence-electron chi connectivity index (χ3n) is 2.85. The van der Waals surface area contributed by atoms with Crippen LogP contribution in [-0.2, 0) is 5.60 Å². The van der Waals surface area contributed by atoms with E-state index >= 15 is 0 Å². The zero-order valence-electron chi connectivity index (χ0n) is 7.80. The van der Waals surface area contributed by atoms with Gasteiger partial charge in [-0.05, 0) is 46.8 Å². The van der Waals surface area contributed by atoms with Crippen molar-refractivity contribution in [3.63, 3.8) is 0 Å². The molecule has 72 valence electrons. The van der Waals surface area contributed by atoms with Gasteiger partial charge < -0.3 is 5.11 Å². The molecule has 0 saturated heterocycles. The Bertz CT molecular complexity index is 314. The highest BCUT2D eigenvalue weighted by atomic mass is 79.9. The molecule has 3 heteroatoms. The van der Waals surface area contributed by atoms with Gasteiger partial charge in [0.15, 0.2) is 0 Å². The Hall–Kier alpha value is 0.140. The van der Waals surface area contributed by atoms with E-state index < -0.39 is 5.60 Å². The van der Waals surface area contributed by atoms with Crippen molar-refractivity contribution >= 4 is 27.3 Å². The summed E-state index contributed by atoms with van der Waals surface area (Å²) in [6.45, 7) is 4.20. The third kappa shape index (κ3) is 1.47. The number of hydrogen-bond acceptors (Lipinski definition) is 2. The first-order valence-electron chi connectivity index (χ1n) is 4.56. The second kappa shape index (κ2) is 3.07. The average molecular weight is 261 g/mol. The minimum atomic E-state index is -0.490. The lowest BCUT2D eigenvalue weighted by Gasteiger charge is -2.05. The van der Waals surface area contributed by atoms with Crippen LogP contribution >= 0.6 is 27.3 Å². The second-order valence-corrected chi connectivity index (χ2v) is 6.17. The summed E-state index contributed by atoms with van der Waals surface area (Å²) in [4.78, 5) is 1.13. The van der Waals surface area contributed by atoms with Gasteiger partial charge in [0.2, 0.25) is 0 Å². The van der Waals surface area contributed by atoms with Crippen LogP contribution in [0, 0.1) is 12.8 Å². The fraction of sp³-hybridized carbons (Fsp3) is 0.600. The van der Waals surface area contributed by atoms with E-state index in [4.69, 9.17) is 0 Å². The number of hydrogen-bond donors (Lipinski definition) is 1. The van der Waals surface area contributed by atoms with Crippen molar-refractivity contribution in [1.29, 1.82) is 0 Å². The minimum Gasteiger partial charge on any atom is -0.384 e. The summed E-state index contributed by atoms with van der Waals surface area (Å²) in [7, 11) is 0. The van der Waals surface area contributed by atoms with Gasteiger partial charge >= 0.3 is 0 Å². The number of aryl methyl sites for hydroxylation is 1. The molecule has 2 atom stereocenters. The van der Waals surface area contributed by atoms with Crippen LogP contribution < -0.4 is 0 Å². The predicted octanol–water partition coefficient (Wildman–Crippen LogP) is 3.44. The lowest BCUT2D eigenvalue weighted by atomic mass is 10.1. The molecule has 0 amide bonds. The fourth-order valence-corrected chi connectivity index (χ4v) is 3.49. The van der Waals surface area contributed by atoms with Crippen molar-refractivity contribution in [1.82, 2.24) is 0 Å². The smallest absolute Gasteiger partial charge is 0.102 e. The predicted molar refractivity (Wildman–Crippen MR) is 59.1 cm³/mol. The highest BCUT2D eigenvalue weighted by Crippen LogP contribution is 2.56. The molecule has 1 aliphatic rings. The van der Waals surface area contributed by atoms with E-state index in [1.165, 1.54) is 5.56 Å². The van der Waals surface area contributed by atoms with Gasteiger partial charge in [-0.2, -0.15) is 0 Å². The molecule has 1 aromatic heterocycles. The Labute approximate surface area is 90.9 Å². The standard InChI is InChI=1S/C10H13BrOS/c1-3-7-5-10(7,12)8-4-6(2)9(11)13-8/h4,7,12H,3,5H2,1-2H3. The molecule has 1 saturated carbocycles. The highest BCUT2D eigenvalue weighted by Gasteiger charge is 2.53. The molecule has 0 radical (unpaired) electrons. The first kappa shape index (κ1) is 9.69. The first-order chi connectivity index (χ1) is 6.08. The van der Waals surface area contributed by atoms with Crippen LogP contribution in [0.3, 0.4) is 0 Å². The van der Waals surface area contributed by atoms with E-state index in [-0.39, 0.29) is 0 Å². The van der Waals surface area contributed by atoms with Crippen LogP contribution in [0.5, 0.6) is 0 Å². The van der Waals surface area contributed by atoms with E-state index in [0.29, 0.717) is 5.92 Å². The Balaban J connectivity index is 2.27. The molecule has 1 N–H and O–H groups in total. The average Bonchev–Trinajstić information content (AvgIpc) is 2.65. The molecule has 1 aromatic rings. The maximum absolute atomic E-state index is 10.2. The highest BCUT2D eigenvalue weighted by molar-refractivity contribution is 9.11. The van der Waals surface area contributed by atoms with Gasteiger partial charge in [-0.15, -0.1) is 11.3 Å². The van der Waals surface area contributed by atoms with Crippen molar-refractivity contribution in [3.05, 3.63) is 20.3 Å². The normalized spacial score (nSPS) is 32.2. The number of halogens is 1. The Kier molecular flexibility index (Phi) is 2.29. The van der Waals surface area contributed by atoms with Gasteiger partial charge in [0.25, 0.3) is 0 Å². The number of thiophene rings is 1. The third-order valence-corrected chi connectivity index (χ3v) is 5.15. The summed E-state index contributed by atoms with van der Waals surface area (Å²) in [6.07, 6.45) is 2.01. The Morgan fingerprint density at radius 1 is 1.77 bits per heavy atom. The molecule has 13 heavy (non-hydrogen) atoms. The summed E-state index contributed by atoms with van der Waals surface area (Å²) in [6, 6.07) is 2.10. The molecule has 1 aliphatic carbocycles. The topological polar surface area (TPSA) is 20.2 Å². The van der Waals surface area contributed by atoms with Gasteiger partial charge in [0.1, 0.15) is 5.60 Å². The maximum Gasteiger partial charge on any atom is 0.102 e. The zero-order chi connectivity index (χ0) is 9.64. The SMILES string of the molecule is CCC1CC1(O)c1cc(C)c(Br)s1. The van der Waals surface area contributed by atoms with Crippen LogP contribution in [0.25, 0.3) is 0 Å². The number of rotatable bonds is 2. The van der Waals surface area contributed by atoms with Gasteiger partial charge in [0.05, 0.1) is 3.79 Å². The van der Waals surface area contributed by atoms with Crippen molar-refractivity contribution in [2.45, 2.75) is 32.3 Å². The molecule has 0 aromatic carbocycles. The Morgan fingerprint density at radius 2 is 2.46 bits per heavy atom. The monoisotopic (exact) mass is 260 g/mol. The van der Waals surface area contributed by atoms with Crippen molar-refractivity contribution in [2.75, 3.05) is 0 Å². The van der Waals surface area contributed by atoms with Crippen molar-refractivity contribution in [2.24, 2.45) is 5.92 Å². The largest absolute Gasteiger partial charge is 0.384 e. The molecule has 0 spiro atoms. The van der Waals surface area contributed by atoms with Crippen molar-refractivity contribution < 1.29 is 5.11 Å². The zero-order valence-corrected chi connectivity index (χ0v) is 10.2. The summed E-state index contributed by atoms with van der Waals surface area (Å²) in [5, 5.41) is 10.2. The van der Waals surface area contributed by atoms with Crippen LogP contribution in [-0.4, -0.2) is 5.11 Å². The van der Waals surface area contributed by atoms with Crippen LogP contribution in [0.15, 0.2) is 9.85 Å². The number of aliphatic hydroxyl groups is 1. The van der Waals surface area contributed by atoms with E-state index in [1.54, 1.807) is 11.3 Å². The second-order valence-electron chi connectivity index (χ2n) is 3.80. The summed E-state index contributed by atoms with van der Waals surface area (Å²) < 4.78 is 1.15. The van der Waals surface area contributed by atoms with Crippen LogP contribution in [0.1, 0.15) is 30.2 Å². The molecule has 0 aliphatic heterocycles. The summed E-state index contributed by atoms with van der Waals surface area (Å²) in [5.74, 6) is 0.484. The fourth-order valence-electron chi connectivity index (χ4n) is 1.77. The molecule has 2 unspecified atom stereocenters. The summed E-state index contributed by atoms with van der Waals surface area (Å²) >= 11 is 5.16. The molecular weight excluding hydrogens is 248 g/mol. The lowest BCUT2D eigenvalue weighted by molar-refractivity contribution is 0.134. The van der Waals surface area contributed by atoms with Gasteiger partial charge in [-0.3, -0.25) is 0 Å².